The second-order valence-electron chi connectivity index (χ2n) is 5.45. The van der Waals surface area contributed by atoms with Crippen LogP contribution in [0, 0.1) is 0 Å². The second-order valence-corrected chi connectivity index (χ2v) is 5.45. The van der Waals surface area contributed by atoms with Crippen LogP contribution in [0.2, 0.25) is 0 Å². The molecule has 128 valence electrons. The molecule has 0 aromatic heterocycles. The van der Waals surface area contributed by atoms with Gasteiger partial charge < -0.3 is 9.47 Å². The lowest BCUT2D eigenvalue weighted by Gasteiger charge is -2.08. The highest BCUT2D eigenvalue weighted by Crippen LogP contribution is 2.21. The number of benzene rings is 1. The average molecular weight is 326 g/mol. The molecule has 1 aromatic carbocycles. The third-order valence-electron chi connectivity index (χ3n) is 3.51. The summed E-state index contributed by atoms with van der Waals surface area (Å²) >= 11 is 0. The fraction of sp³-hybridized carbons (Fsp3) is 0.286. The summed E-state index contributed by atoms with van der Waals surface area (Å²) in [6.45, 7) is 11.3. The Morgan fingerprint density at radius 1 is 1.21 bits per heavy atom. The topological polar surface area (TPSA) is 35.5 Å². The van der Waals surface area contributed by atoms with Gasteiger partial charge in [0.2, 0.25) is 0 Å². The molecule has 24 heavy (non-hydrogen) atoms. The van der Waals surface area contributed by atoms with Gasteiger partial charge in [-0.25, -0.2) is 4.79 Å². The summed E-state index contributed by atoms with van der Waals surface area (Å²) in [5.74, 6) is 0.462. The molecule has 0 atom stereocenters. The molecular formula is C21H26O3. The molecule has 0 fully saturated rings. The quantitative estimate of drug-likeness (QED) is 0.274. The number of hydrogen-bond acceptors (Lipinski definition) is 3. The third kappa shape index (κ3) is 6.29. The van der Waals surface area contributed by atoms with E-state index in [1.165, 1.54) is 5.57 Å². The van der Waals surface area contributed by atoms with Gasteiger partial charge in [-0.15, -0.1) is 6.58 Å². The van der Waals surface area contributed by atoms with Gasteiger partial charge in [-0.05, 0) is 48.6 Å². The SMILES string of the molecule is C=CC/C(=C\C=C(/CC)c1ccc(OC)cc1)COC(=O)C(=C)C. The van der Waals surface area contributed by atoms with Crippen molar-refractivity contribution in [2.45, 2.75) is 26.7 Å². The van der Waals surface area contributed by atoms with E-state index in [0.717, 1.165) is 23.3 Å². The molecule has 1 rings (SSSR count). The van der Waals surface area contributed by atoms with Crippen LogP contribution in [0.3, 0.4) is 0 Å². The summed E-state index contributed by atoms with van der Waals surface area (Å²) in [6, 6.07) is 7.97. The van der Waals surface area contributed by atoms with E-state index in [1.807, 2.05) is 30.3 Å². The maximum atomic E-state index is 11.5. The van der Waals surface area contributed by atoms with E-state index in [1.54, 1.807) is 20.1 Å². The van der Waals surface area contributed by atoms with Gasteiger partial charge in [0.1, 0.15) is 12.4 Å². The van der Waals surface area contributed by atoms with E-state index >= 15 is 0 Å². The highest BCUT2D eigenvalue weighted by molar-refractivity contribution is 5.87. The Labute approximate surface area is 145 Å². The normalized spacial score (nSPS) is 11.8. The maximum absolute atomic E-state index is 11.5. The zero-order chi connectivity index (χ0) is 17.9. The lowest BCUT2D eigenvalue weighted by molar-refractivity contribution is -0.138. The Balaban J connectivity index is 2.92. The predicted molar refractivity (Wildman–Crippen MR) is 99.9 cm³/mol. The Morgan fingerprint density at radius 2 is 1.88 bits per heavy atom. The number of hydrogen-bond donors (Lipinski definition) is 0. The van der Waals surface area contributed by atoms with Crippen LogP contribution in [-0.2, 0) is 9.53 Å². The average Bonchev–Trinajstić information content (AvgIpc) is 2.60. The van der Waals surface area contributed by atoms with E-state index < -0.39 is 0 Å². The number of carbonyl (C=O) groups is 1. The molecule has 0 saturated carbocycles. The van der Waals surface area contributed by atoms with Crippen LogP contribution < -0.4 is 4.74 Å². The number of ether oxygens (including phenoxy) is 2. The van der Waals surface area contributed by atoms with Crippen LogP contribution in [-0.4, -0.2) is 19.7 Å². The number of allylic oxidation sites excluding steroid dienone is 4. The Bertz CT molecular complexity index is 634. The van der Waals surface area contributed by atoms with E-state index in [9.17, 15) is 4.79 Å². The maximum Gasteiger partial charge on any atom is 0.333 e. The molecule has 1 aromatic rings. The second kappa shape index (κ2) is 10.3. The molecule has 0 saturated heterocycles. The molecule has 0 aliphatic rings. The van der Waals surface area contributed by atoms with Gasteiger partial charge in [0.15, 0.2) is 0 Å². The number of carbonyl (C=O) groups excluding carboxylic acids is 1. The van der Waals surface area contributed by atoms with E-state index in [4.69, 9.17) is 9.47 Å². The van der Waals surface area contributed by atoms with Crippen LogP contribution in [0.5, 0.6) is 5.75 Å². The molecule has 0 aliphatic heterocycles. The molecule has 0 radical (unpaired) electrons. The van der Waals surface area contributed by atoms with Gasteiger partial charge in [0.25, 0.3) is 0 Å². The first-order chi connectivity index (χ1) is 11.5. The summed E-state index contributed by atoms with van der Waals surface area (Å²) in [6.07, 6.45) is 7.42. The molecule has 0 N–H and O–H groups in total. The first-order valence-corrected chi connectivity index (χ1v) is 7.98. The van der Waals surface area contributed by atoms with E-state index in [-0.39, 0.29) is 12.6 Å². The van der Waals surface area contributed by atoms with Crippen molar-refractivity contribution in [3.8, 4) is 5.75 Å². The Kier molecular flexibility index (Phi) is 8.34. The lowest BCUT2D eigenvalue weighted by atomic mass is 10.0. The molecule has 0 aliphatic carbocycles. The van der Waals surface area contributed by atoms with Crippen LogP contribution in [0.1, 0.15) is 32.3 Å². The number of methoxy groups -OCH3 is 1. The molecule has 0 bridgehead atoms. The summed E-state index contributed by atoms with van der Waals surface area (Å²) in [5.41, 5.74) is 3.73. The lowest BCUT2D eigenvalue weighted by Crippen LogP contribution is -2.07. The highest BCUT2D eigenvalue weighted by atomic mass is 16.5. The molecule has 0 unspecified atom stereocenters. The van der Waals surface area contributed by atoms with E-state index in [2.05, 4.69) is 26.2 Å². The first kappa shape index (κ1) is 19.5. The Morgan fingerprint density at radius 3 is 2.38 bits per heavy atom. The van der Waals surface area contributed by atoms with Gasteiger partial charge in [-0.3, -0.25) is 0 Å². The van der Waals surface area contributed by atoms with Crippen molar-refractivity contribution in [3.05, 3.63) is 72.4 Å². The molecule has 3 heteroatoms. The van der Waals surface area contributed by atoms with Crippen molar-refractivity contribution in [1.29, 1.82) is 0 Å². The van der Waals surface area contributed by atoms with Crippen molar-refractivity contribution in [2.75, 3.05) is 13.7 Å². The number of rotatable bonds is 9. The summed E-state index contributed by atoms with van der Waals surface area (Å²) in [5, 5.41) is 0. The van der Waals surface area contributed by atoms with Crippen LogP contribution >= 0.6 is 0 Å². The Hall–Kier alpha value is -2.55. The summed E-state index contributed by atoms with van der Waals surface area (Å²) < 4.78 is 10.4. The van der Waals surface area contributed by atoms with Crippen molar-refractivity contribution in [3.63, 3.8) is 0 Å². The van der Waals surface area contributed by atoms with Gasteiger partial charge in [-0.2, -0.15) is 0 Å². The minimum atomic E-state index is -0.375. The van der Waals surface area contributed by atoms with Crippen molar-refractivity contribution < 1.29 is 14.3 Å². The predicted octanol–water partition coefficient (Wildman–Crippen LogP) is 5.11. The molecule has 0 amide bonds. The largest absolute Gasteiger partial charge is 0.497 e. The van der Waals surface area contributed by atoms with Crippen molar-refractivity contribution in [1.82, 2.24) is 0 Å². The van der Waals surface area contributed by atoms with Crippen LogP contribution in [0.4, 0.5) is 0 Å². The fourth-order valence-corrected chi connectivity index (χ4v) is 2.08. The van der Waals surface area contributed by atoms with Gasteiger partial charge in [0.05, 0.1) is 7.11 Å². The standard InChI is InChI=1S/C21H26O3/c1-6-8-17(15-24-21(22)16(3)4)9-10-18(7-2)19-11-13-20(23-5)14-12-19/h6,9-14H,1,3,7-8,15H2,2,4-5H3/b17-9+,18-10+. The zero-order valence-corrected chi connectivity index (χ0v) is 14.8. The first-order valence-electron chi connectivity index (χ1n) is 7.98. The van der Waals surface area contributed by atoms with Crippen LogP contribution in [0.15, 0.2) is 66.8 Å². The fourth-order valence-electron chi connectivity index (χ4n) is 2.08. The summed E-state index contributed by atoms with van der Waals surface area (Å²) in [7, 11) is 1.65. The minimum absolute atomic E-state index is 0.244. The van der Waals surface area contributed by atoms with Gasteiger partial charge >= 0.3 is 5.97 Å². The van der Waals surface area contributed by atoms with Crippen molar-refractivity contribution >= 4 is 11.5 Å². The molecule has 0 heterocycles. The van der Waals surface area contributed by atoms with Gasteiger partial charge in [-0.1, -0.05) is 43.9 Å². The van der Waals surface area contributed by atoms with E-state index in [0.29, 0.717) is 12.0 Å². The van der Waals surface area contributed by atoms with Gasteiger partial charge in [0, 0.05) is 5.57 Å². The highest BCUT2D eigenvalue weighted by Gasteiger charge is 2.05. The zero-order valence-electron chi connectivity index (χ0n) is 14.8. The monoisotopic (exact) mass is 326 g/mol. The minimum Gasteiger partial charge on any atom is -0.497 e. The smallest absolute Gasteiger partial charge is 0.333 e. The summed E-state index contributed by atoms with van der Waals surface area (Å²) in [4.78, 5) is 11.5. The number of esters is 1. The van der Waals surface area contributed by atoms with Crippen molar-refractivity contribution in [2.24, 2.45) is 0 Å². The molecular weight excluding hydrogens is 300 g/mol. The molecule has 3 nitrogen and oxygen atoms in total. The molecule has 0 spiro atoms. The van der Waals surface area contributed by atoms with Crippen LogP contribution in [0.25, 0.3) is 5.57 Å². The third-order valence-corrected chi connectivity index (χ3v) is 3.51.